The van der Waals surface area contributed by atoms with E-state index < -0.39 is 0 Å². The van der Waals surface area contributed by atoms with Gasteiger partial charge in [-0.05, 0) is 19.8 Å². The Bertz CT molecular complexity index is 331. The van der Waals surface area contributed by atoms with Crippen molar-refractivity contribution >= 4 is 0 Å². The van der Waals surface area contributed by atoms with E-state index in [1.54, 1.807) is 0 Å². The minimum absolute atomic E-state index is 0.00460. The van der Waals surface area contributed by atoms with Crippen LogP contribution in [0, 0.1) is 6.92 Å². The summed E-state index contributed by atoms with van der Waals surface area (Å²) in [7, 11) is 0. The average molecular weight is 468 g/mol. The highest BCUT2D eigenvalue weighted by molar-refractivity contribution is 4.59. The van der Waals surface area contributed by atoms with Crippen LogP contribution in [0.5, 0.6) is 0 Å². The van der Waals surface area contributed by atoms with Crippen LogP contribution in [-0.4, -0.2) is 25.9 Å². The van der Waals surface area contributed by atoms with Crippen molar-refractivity contribution in [2.75, 3.05) is 19.8 Å². The van der Waals surface area contributed by atoms with Gasteiger partial charge in [0, 0.05) is 13.2 Å². The maximum Gasteiger partial charge on any atom is 0.0809 e. The van der Waals surface area contributed by atoms with Crippen molar-refractivity contribution in [2.45, 2.75) is 174 Å². The summed E-state index contributed by atoms with van der Waals surface area (Å²) in [5.74, 6) is 0. The zero-order valence-electron chi connectivity index (χ0n) is 23.2. The minimum Gasteiger partial charge on any atom is -0.379 e. The first-order valence-electron chi connectivity index (χ1n) is 15.3. The normalized spacial score (nSPS) is 12.5. The Labute approximate surface area is 210 Å². The second kappa shape index (κ2) is 30.0. The van der Waals surface area contributed by atoms with E-state index in [1.165, 1.54) is 154 Å². The van der Waals surface area contributed by atoms with Gasteiger partial charge in [-0.15, -0.1) is 0 Å². The molecule has 0 aromatic carbocycles. The molecule has 0 aliphatic rings. The molecule has 0 saturated heterocycles. The van der Waals surface area contributed by atoms with Crippen molar-refractivity contribution < 1.29 is 9.47 Å². The lowest BCUT2D eigenvalue weighted by atomic mass is 10.1. The van der Waals surface area contributed by atoms with E-state index in [-0.39, 0.29) is 6.10 Å². The van der Waals surface area contributed by atoms with Gasteiger partial charge in [-0.25, -0.2) is 0 Å². The zero-order valence-corrected chi connectivity index (χ0v) is 23.2. The Hall–Kier alpha value is -0.0800. The number of unbranched alkanes of at least 4 members (excludes halogenated alkanes) is 22. The van der Waals surface area contributed by atoms with Gasteiger partial charge in [-0.1, -0.05) is 155 Å². The van der Waals surface area contributed by atoms with Crippen LogP contribution in [0.25, 0.3) is 0 Å². The van der Waals surface area contributed by atoms with Crippen LogP contribution in [0.3, 0.4) is 0 Å². The fourth-order valence-corrected chi connectivity index (χ4v) is 4.50. The smallest absolute Gasteiger partial charge is 0.0809 e. The number of hydrogen-bond donors (Lipinski definition) is 0. The third-order valence-electron chi connectivity index (χ3n) is 6.80. The largest absolute Gasteiger partial charge is 0.379 e. The Balaban J connectivity index is 3.13. The molecule has 199 valence electrons. The molecule has 0 aromatic rings. The second-order valence-corrected chi connectivity index (χ2v) is 10.3. The van der Waals surface area contributed by atoms with Gasteiger partial charge in [-0.2, -0.15) is 0 Å². The van der Waals surface area contributed by atoms with Crippen LogP contribution in [0.15, 0.2) is 0 Å². The maximum absolute atomic E-state index is 5.81. The molecule has 0 aromatic heterocycles. The summed E-state index contributed by atoms with van der Waals surface area (Å²) in [4.78, 5) is 0. The summed E-state index contributed by atoms with van der Waals surface area (Å²) in [6, 6.07) is 0. The first kappa shape index (κ1) is 32.9. The van der Waals surface area contributed by atoms with Gasteiger partial charge in [-0.3, -0.25) is 0 Å². The Morgan fingerprint density at radius 3 is 1.09 bits per heavy atom. The van der Waals surface area contributed by atoms with Crippen LogP contribution >= 0.6 is 0 Å². The molecule has 0 spiro atoms. The van der Waals surface area contributed by atoms with Gasteiger partial charge in [0.1, 0.15) is 0 Å². The second-order valence-electron chi connectivity index (χ2n) is 10.3. The molecule has 0 saturated carbocycles. The Kier molecular flexibility index (Phi) is 29.9. The van der Waals surface area contributed by atoms with Crippen molar-refractivity contribution in [3.05, 3.63) is 6.92 Å². The fourth-order valence-electron chi connectivity index (χ4n) is 4.50. The van der Waals surface area contributed by atoms with E-state index in [0.717, 1.165) is 13.2 Å². The summed E-state index contributed by atoms with van der Waals surface area (Å²) in [6.45, 7) is 11.0. The van der Waals surface area contributed by atoms with Crippen LogP contribution in [0.4, 0.5) is 0 Å². The summed E-state index contributed by atoms with van der Waals surface area (Å²) in [5.41, 5.74) is 0. The van der Waals surface area contributed by atoms with Gasteiger partial charge in [0.2, 0.25) is 0 Å². The third kappa shape index (κ3) is 29.9. The van der Waals surface area contributed by atoms with E-state index in [4.69, 9.17) is 9.47 Å². The lowest BCUT2D eigenvalue weighted by Crippen LogP contribution is -2.17. The molecule has 0 fully saturated rings. The standard InChI is InChI=1S/C31H63O2/c1-4-6-8-10-12-14-16-18-20-22-24-26-28-32-30-31(3)33-29-27-25-23-21-19-17-15-13-11-9-7-5-2/h31H,3-30H2,1-2H3. The lowest BCUT2D eigenvalue weighted by molar-refractivity contribution is 0.00440. The van der Waals surface area contributed by atoms with Gasteiger partial charge in [0.25, 0.3) is 0 Å². The van der Waals surface area contributed by atoms with Crippen molar-refractivity contribution in [1.29, 1.82) is 0 Å². The summed E-state index contributed by atoms with van der Waals surface area (Å²) in [6.07, 6.45) is 33.2. The molecule has 0 aliphatic carbocycles. The Morgan fingerprint density at radius 1 is 0.424 bits per heavy atom. The van der Waals surface area contributed by atoms with Crippen LogP contribution in [0.1, 0.15) is 168 Å². The zero-order chi connectivity index (χ0) is 24.1. The van der Waals surface area contributed by atoms with Crippen LogP contribution < -0.4 is 0 Å². The molecule has 1 unspecified atom stereocenters. The topological polar surface area (TPSA) is 18.5 Å². The van der Waals surface area contributed by atoms with E-state index in [1.807, 2.05) is 0 Å². The molecule has 1 radical (unpaired) electrons. The lowest BCUT2D eigenvalue weighted by Gasteiger charge is -2.13. The van der Waals surface area contributed by atoms with Gasteiger partial charge >= 0.3 is 0 Å². The number of ether oxygens (including phenoxy) is 2. The van der Waals surface area contributed by atoms with Crippen LogP contribution in [0.2, 0.25) is 0 Å². The predicted octanol–water partition coefficient (Wildman–Crippen LogP) is 10.6. The molecular weight excluding hydrogens is 404 g/mol. The Morgan fingerprint density at radius 2 is 0.727 bits per heavy atom. The van der Waals surface area contributed by atoms with Crippen LogP contribution in [-0.2, 0) is 9.47 Å². The minimum atomic E-state index is -0.00460. The highest BCUT2D eigenvalue weighted by Gasteiger charge is 2.02. The maximum atomic E-state index is 5.81. The molecule has 0 bridgehead atoms. The molecule has 0 aliphatic heterocycles. The molecule has 0 rings (SSSR count). The first-order chi connectivity index (χ1) is 16.3. The van der Waals surface area contributed by atoms with Gasteiger partial charge < -0.3 is 9.47 Å². The fraction of sp³-hybridized carbons (Fsp3) is 0.968. The molecular formula is C31H63O2. The van der Waals surface area contributed by atoms with E-state index in [0.29, 0.717) is 6.61 Å². The van der Waals surface area contributed by atoms with E-state index in [2.05, 4.69) is 20.8 Å². The van der Waals surface area contributed by atoms with Crippen molar-refractivity contribution in [3.63, 3.8) is 0 Å². The quantitative estimate of drug-likeness (QED) is 0.102. The summed E-state index contributed by atoms with van der Waals surface area (Å²) in [5, 5.41) is 0. The highest BCUT2D eigenvalue weighted by Crippen LogP contribution is 2.13. The molecule has 1 atom stereocenters. The highest BCUT2D eigenvalue weighted by atomic mass is 16.5. The molecule has 0 amide bonds. The monoisotopic (exact) mass is 467 g/mol. The average Bonchev–Trinajstić information content (AvgIpc) is 2.82. The number of rotatable bonds is 29. The molecule has 2 heteroatoms. The SMILES string of the molecule is [CH2]C(COCCCCCCCCCCCCCC)OCCCCCCCCCCCCCC. The van der Waals surface area contributed by atoms with Gasteiger partial charge in [0.05, 0.1) is 12.7 Å². The predicted molar refractivity (Wildman–Crippen MR) is 148 cm³/mol. The number of hydrogen-bond acceptors (Lipinski definition) is 2. The molecule has 0 N–H and O–H groups in total. The van der Waals surface area contributed by atoms with Crippen molar-refractivity contribution in [3.8, 4) is 0 Å². The van der Waals surface area contributed by atoms with Crippen molar-refractivity contribution in [2.24, 2.45) is 0 Å². The van der Waals surface area contributed by atoms with Gasteiger partial charge in [0.15, 0.2) is 0 Å². The summed E-state index contributed by atoms with van der Waals surface area (Å²) >= 11 is 0. The molecule has 0 heterocycles. The van der Waals surface area contributed by atoms with Crippen molar-refractivity contribution in [1.82, 2.24) is 0 Å². The first-order valence-corrected chi connectivity index (χ1v) is 15.3. The molecule has 2 nitrogen and oxygen atoms in total. The summed E-state index contributed by atoms with van der Waals surface area (Å²) < 4.78 is 11.6. The van der Waals surface area contributed by atoms with E-state index in [9.17, 15) is 0 Å². The third-order valence-corrected chi connectivity index (χ3v) is 6.80. The van der Waals surface area contributed by atoms with E-state index >= 15 is 0 Å². The molecule has 33 heavy (non-hydrogen) atoms.